The topological polar surface area (TPSA) is 138 Å². The number of carbonyl (C=O) groups is 2. The van der Waals surface area contributed by atoms with Gasteiger partial charge >= 0.3 is 11.9 Å². The summed E-state index contributed by atoms with van der Waals surface area (Å²) in [6.45, 7) is 1.95. The number of methoxy groups -OCH3 is 3. The van der Waals surface area contributed by atoms with Crippen molar-refractivity contribution in [2.45, 2.75) is 6.92 Å². The summed E-state index contributed by atoms with van der Waals surface area (Å²) in [5.74, 6) is 0.0269. The Morgan fingerprint density at radius 2 is 1.47 bits per heavy atom. The number of aryl methyl sites for hydroxylation is 1. The van der Waals surface area contributed by atoms with E-state index in [0.717, 1.165) is 5.56 Å². The van der Waals surface area contributed by atoms with Crippen LogP contribution in [0.1, 0.15) is 26.3 Å². The summed E-state index contributed by atoms with van der Waals surface area (Å²) in [6.07, 6.45) is 1.33. The highest BCUT2D eigenvalue weighted by Crippen LogP contribution is 2.33. The zero-order chi connectivity index (χ0) is 23.3. The molecule has 2 aromatic carbocycles. The first-order valence-corrected chi connectivity index (χ1v) is 9.47. The molecule has 0 amide bonds. The third-order valence-corrected chi connectivity index (χ3v) is 4.53. The van der Waals surface area contributed by atoms with Crippen molar-refractivity contribution in [3.05, 3.63) is 59.4 Å². The molecular weight excluding hydrogens is 414 g/mol. The van der Waals surface area contributed by atoms with Crippen molar-refractivity contribution in [2.75, 3.05) is 37.7 Å². The SMILES string of the molecule is COC(=O)c1cc(Nc2ncnc(Nc3cc(C)ccc3OC)c2N)cc(C(=O)OC)c1. The summed E-state index contributed by atoms with van der Waals surface area (Å²) in [5, 5.41) is 6.16. The van der Waals surface area contributed by atoms with Crippen molar-refractivity contribution < 1.29 is 23.8 Å². The smallest absolute Gasteiger partial charge is 0.337 e. The predicted octanol–water partition coefficient (Wildman–Crippen LogP) is 3.44. The number of benzene rings is 2. The standard InChI is InChI=1S/C22H23N5O5/c1-12-5-6-17(30-2)16(7-12)27-20-18(23)19(24-11-25-20)26-15-9-13(21(28)31-3)8-14(10-15)22(29)32-4/h5-11H,23H2,1-4H3,(H2,24,25,26,27). The lowest BCUT2D eigenvalue weighted by Crippen LogP contribution is -2.09. The Morgan fingerprint density at radius 3 is 2.03 bits per heavy atom. The quantitative estimate of drug-likeness (QED) is 0.471. The van der Waals surface area contributed by atoms with Crippen LogP contribution < -0.4 is 21.1 Å². The van der Waals surface area contributed by atoms with E-state index in [9.17, 15) is 9.59 Å². The lowest BCUT2D eigenvalue weighted by atomic mass is 10.1. The van der Waals surface area contributed by atoms with E-state index in [1.54, 1.807) is 7.11 Å². The number of esters is 2. The molecule has 0 saturated carbocycles. The molecule has 0 atom stereocenters. The van der Waals surface area contributed by atoms with Gasteiger partial charge in [-0.3, -0.25) is 0 Å². The van der Waals surface area contributed by atoms with E-state index in [1.165, 1.54) is 38.7 Å². The van der Waals surface area contributed by atoms with Crippen LogP contribution in [-0.2, 0) is 9.47 Å². The lowest BCUT2D eigenvalue weighted by Gasteiger charge is -2.15. The van der Waals surface area contributed by atoms with Gasteiger partial charge in [0.05, 0.1) is 38.1 Å². The van der Waals surface area contributed by atoms with Gasteiger partial charge in [0, 0.05) is 5.69 Å². The highest BCUT2D eigenvalue weighted by Gasteiger charge is 2.16. The lowest BCUT2D eigenvalue weighted by molar-refractivity contribution is 0.0599. The molecule has 0 aliphatic rings. The predicted molar refractivity (Wildman–Crippen MR) is 120 cm³/mol. The molecule has 0 bridgehead atoms. The Morgan fingerprint density at radius 1 is 0.875 bits per heavy atom. The van der Waals surface area contributed by atoms with E-state index in [1.807, 2.05) is 25.1 Å². The Bertz CT molecular complexity index is 1130. The minimum Gasteiger partial charge on any atom is -0.495 e. The van der Waals surface area contributed by atoms with E-state index in [-0.39, 0.29) is 22.6 Å². The van der Waals surface area contributed by atoms with Crippen molar-refractivity contribution in [1.29, 1.82) is 0 Å². The molecule has 0 saturated heterocycles. The van der Waals surface area contributed by atoms with E-state index in [4.69, 9.17) is 19.9 Å². The average Bonchev–Trinajstić information content (AvgIpc) is 2.80. The summed E-state index contributed by atoms with van der Waals surface area (Å²) in [5.41, 5.74) is 8.92. The van der Waals surface area contributed by atoms with Gasteiger partial charge in [0.15, 0.2) is 11.6 Å². The third-order valence-electron chi connectivity index (χ3n) is 4.53. The molecule has 0 spiro atoms. The molecule has 0 fully saturated rings. The second-order valence-electron chi connectivity index (χ2n) is 6.72. The van der Waals surface area contributed by atoms with Crippen LogP contribution in [0.3, 0.4) is 0 Å². The average molecular weight is 437 g/mol. The van der Waals surface area contributed by atoms with Crippen molar-refractivity contribution in [2.24, 2.45) is 0 Å². The maximum atomic E-state index is 12.0. The maximum absolute atomic E-state index is 12.0. The first-order valence-electron chi connectivity index (χ1n) is 9.47. The van der Waals surface area contributed by atoms with E-state index in [0.29, 0.717) is 22.9 Å². The number of hydrogen-bond donors (Lipinski definition) is 3. The molecule has 3 rings (SSSR count). The molecule has 10 heteroatoms. The van der Waals surface area contributed by atoms with Crippen LogP contribution in [0, 0.1) is 6.92 Å². The van der Waals surface area contributed by atoms with Crippen LogP contribution in [0.25, 0.3) is 0 Å². The second-order valence-corrected chi connectivity index (χ2v) is 6.72. The number of aromatic nitrogens is 2. The molecule has 0 aliphatic carbocycles. The fourth-order valence-electron chi connectivity index (χ4n) is 2.95. The molecule has 166 valence electrons. The number of nitrogens with one attached hydrogen (secondary N) is 2. The van der Waals surface area contributed by atoms with Gasteiger partial charge in [-0.15, -0.1) is 0 Å². The van der Waals surface area contributed by atoms with Gasteiger partial charge in [-0.2, -0.15) is 0 Å². The zero-order valence-corrected chi connectivity index (χ0v) is 18.1. The monoisotopic (exact) mass is 437 g/mol. The molecule has 4 N–H and O–H groups in total. The summed E-state index contributed by atoms with van der Waals surface area (Å²) >= 11 is 0. The molecule has 0 aliphatic heterocycles. The van der Waals surface area contributed by atoms with Crippen LogP contribution in [-0.4, -0.2) is 43.2 Å². The second kappa shape index (κ2) is 9.65. The Hall–Kier alpha value is -4.34. The molecule has 0 radical (unpaired) electrons. The number of nitrogens with zero attached hydrogens (tertiary/aromatic N) is 2. The van der Waals surface area contributed by atoms with E-state index < -0.39 is 11.9 Å². The molecule has 10 nitrogen and oxygen atoms in total. The fraction of sp³-hybridized carbons (Fsp3) is 0.182. The van der Waals surface area contributed by atoms with E-state index >= 15 is 0 Å². The molecule has 1 aromatic heterocycles. The third kappa shape index (κ3) is 4.86. The number of nitrogen functional groups attached to an aromatic ring is 1. The van der Waals surface area contributed by atoms with Crippen LogP contribution in [0.5, 0.6) is 5.75 Å². The first-order chi connectivity index (χ1) is 15.4. The number of carbonyl (C=O) groups excluding carboxylic acids is 2. The summed E-state index contributed by atoms with van der Waals surface area (Å²) < 4.78 is 14.9. The molecule has 32 heavy (non-hydrogen) atoms. The minimum absolute atomic E-state index is 0.161. The Kier molecular flexibility index (Phi) is 6.74. The zero-order valence-electron chi connectivity index (χ0n) is 18.1. The van der Waals surface area contributed by atoms with Crippen molar-refractivity contribution >= 4 is 40.6 Å². The normalized spacial score (nSPS) is 10.2. The molecular formula is C22H23N5O5. The van der Waals surface area contributed by atoms with Crippen molar-refractivity contribution in [1.82, 2.24) is 9.97 Å². The van der Waals surface area contributed by atoms with Gasteiger partial charge in [0.25, 0.3) is 0 Å². The van der Waals surface area contributed by atoms with Crippen LogP contribution in [0.15, 0.2) is 42.7 Å². The molecule has 3 aromatic rings. The highest BCUT2D eigenvalue weighted by molar-refractivity contribution is 5.97. The van der Waals surface area contributed by atoms with Gasteiger partial charge in [0.1, 0.15) is 17.8 Å². The highest BCUT2D eigenvalue weighted by atomic mass is 16.5. The maximum Gasteiger partial charge on any atom is 0.337 e. The number of hydrogen-bond acceptors (Lipinski definition) is 10. The van der Waals surface area contributed by atoms with Crippen LogP contribution in [0.4, 0.5) is 28.7 Å². The van der Waals surface area contributed by atoms with Crippen molar-refractivity contribution in [3.63, 3.8) is 0 Å². The van der Waals surface area contributed by atoms with Gasteiger partial charge in [-0.25, -0.2) is 19.6 Å². The summed E-state index contributed by atoms with van der Waals surface area (Å²) in [4.78, 5) is 32.4. The van der Waals surface area contributed by atoms with Gasteiger partial charge in [-0.1, -0.05) is 6.07 Å². The fourth-order valence-corrected chi connectivity index (χ4v) is 2.95. The Labute approximate surface area is 184 Å². The van der Waals surface area contributed by atoms with Gasteiger partial charge in [0.2, 0.25) is 0 Å². The van der Waals surface area contributed by atoms with Crippen molar-refractivity contribution in [3.8, 4) is 5.75 Å². The summed E-state index contributed by atoms with van der Waals surface area (Å²) in [6, 6.07) is 10.1. The van der Waals surface area contributed by atoms with Gasteiger partial charge in [-0.05, 0) is 42.8 Å². The minimum atomic E-state index is -0.608. The molecule has 1 heterocycles. The molecule has 0 unspecified atom stereocenters. The van der Waals surface area contributed by atoms with Gasteiger partial charge < -0.3 is 30.6 Å². The van der Waals surface area contributed by atoms with Crippen LogP contribution in [0.2, 0.25) is 0 Å². The number of anilines is 5. The van der Waals surface area contributed by atoms with Crippen LogP contribution >= 0.6 is 0 Å². The first kappa shape index (κ1) is 22.3. The van der Waals surface area contributed by atoms with E-state index in [2.05, 4.69) is 20.6 Å². The number of nitrogens with two attached hydrogens (primary N) is 1. The number of ether oxygens (including phenoxy) is 3. The number of rotatable bonds is 7. The Balaban J connectivity index is 1.96. The largest absolute Gasteiger partial charge is 0.495 e. The summed E-state index contributed by atoms with van der Waals surface area (Å²) in [7, 11) is 4.07.